The van der Waals surface area contributed by atoms with Crippen LogP contribution in [-0.4, -0.2) is 21.7 Å². The van der Waals surface area contributed by atoms with Gasteiger partial charge in [0.05, 0.1) is 11.7 Å². The summed E-state index contributed by atoms with van der Waals surface area (Å²) in [5.74, 6) is 0.666. The molecule has 5 nitrogen and oxygen atoms in total. The first-order valence-electron chi connectivity index (χ1n) is 6.05. The molecule has 1 aromatic rings. The number of amides is 1. The van der Waals surface area contributed by atoms with Crippen LogP contribution in [0, 0.1) is 5.92 Å². The Balaban J connectivity index is 2.71. The lowest BCUT2D eigenvalue weighted by Crippen LogP contribution is -2.40. The molecule has 96 valence electrons. The van der Waals surface area contributed by atoms with Crippen molar-refractivity contribution in [2.45, 2.75) is 39.7 Å². The molecule has 17 heavy (non-hydrogen) atoms. The Morgan fingerprint density at radius 3 is 2.76 bits per heavy atom. The van der Waals surface area contributed by atoms with Crippen LogP contribution in [0.15, 0.2) is 6.07 Å². The number of nitrogens with zero attached hydrogens (tertiary/aromatic N) is 2. The number of nitrogens with one attached hydrogen (secondary N) is 1. The minimum atomic E-state index is -0.487. The summed E-state index contributed by atoms with van der Waals surface area (Å²) in [6.07, 6.45) is 1.95. The zero-order valence-electron chi connectivity index (χ0n) is 11.0. The largest absolute Gasteiger partial charge is 0.320 e. The molecule has 1 rings (SSSR count). The maximum absolute atomic E-state index is 11.8. The maximum atomic E-state index is 11.8. The van der Waals surface area contributed by atoms with Gasteiger partial charge in [-0.15, -0.1) is 0 Å². The van der Waals surface area contributed by atoms with Crippen LogP contribution in [0.5, 0.6) is 0 Å². The number of aromatic nitrogens is 2. The number of nitrogens with two attached hydrogens (primary N) is 1. The van der Waals surface area contributed by atoms with E-state index in [1.807, 2.05) is 27.0 Å². The number of aryl methyl sites for hydroxylation is 2. The van der Waals surface area contributed by atoms with Crippen LogP contribution in [0.2, 0.25) is 0 Å². The number of anilines is 1. The summed E-state index contributed by atoms with van der Waals surface area (Å²) in [6.45, 7) is 5.95. The van der Waals surface area contributed by atoms with Gasteiger partial charge in [-0.3, -0.25) is 9.48 Å². The summed E-state index contributed by atoms with van der Waals surface area (Å²) >= 11 is 0. The fourth-order valence-corrected chi connectivity index (χ4v) is 1.53. The lowest BCUT2D eigenvalue weighted by atomic mass is 10.1. The topological polar surface area (TPSA) is 72.9 Å². The second-order valence-corrected chi connectivity index (χ2v) is 4.65. The van der Waals surface area contributed by atoms with Crippen molar-refractivity contribution in [1.82, 2.24) is 9.78 Å². The second kappa shape index (κ2) is 5.82. The quantitative estimate of drug-likeness (QED) is 0.812. The van der Waals surface area contributed by atoms with Crippen LogP contribution in [0.3, 0.4) is 0 Å². The van der Waals surface area contributed by atoms with Crippen molar-refractivity contribution >= 4 is 11.7 Å². The van der Waals surface area contributed by atoms with Gasteiger partial charge in [0.2, 0.25) is 5.91 Å². The third-order valence-corrected chi connectivity index (χ3v) is 2.71. The number of hydrogen-bond acceptors (Lipinski definition) is 3. The lowest BCUT2D eigenvalue weighted by molar-refractivity contribution is -0.118. The van der Waals surface area contributed by atoms with Gasteiger partial charge in [0.25, 0.3) is 0 Å². The molecule has 3 N–H and O–H groups in total. The molecular formula is C12H22N4O. The van der Waals surface area contributed by atoms with Gasteiger partial charge >= 0.3 is 0 Å². The molecule has 0 unspecified atom stereocenters. The van der Waals surface area contributed by atoms with E-state index in [4.69, 9.17) is 5.73 Å². The van der Waals surface area contributed by atoms with Crippen molar-refractivity contribution in [1.29, 1.82) is 0 Å². The predicted octanol–water partition coefficient (Wildman–Crippen LogP) is 1.29. The van der Waals surface area contributed by atoms with Gasteiger partial charge in [0.15, 0.2) is 0 Å². The fraction of sp³-hybridized carbons (Fsp3) is 0.667. The average Bonchev–Trinajstić information content (AvgIpc) is 2.58. The molecule has 1 heterocycles. The average molecular weight is 238 g/mol. The molecule has 1 amide bonds. The smallest absolute Gasteiger partial charge is 0.242 e. The van der Waals surface area contributed by atoms with E-state index in [0.717, 1.165) is 18.5 Å². The highest BCUT2D eigenvalue weighted by Crippen LogP contribution is 2.11. The first-order chi connectivity index (χ1) is 7.95. The molecular weight excluding hydrogens is 216 g/mol. The van der Waals surface area contributed by atoms with Crippen molar-refractivity contribution in [3.63, 3.8) is 0 Å². The number of carbonyl (C=O) groups is 1. The molecule has 0 aromatic carbocycles. The minimum Gasteiger partial charge on any atom is -0.320 e. The summed E-state index contributed by atoms with van der Waals surface area (Å²) in [6, 6.07) is 1.41. The summed E-state index contributed by atoms with van der Waals surface area (Å²) < 4.78 is 1.68. The van der Waals surface area contributed by atoms with E-state index in [9.17, 15) is 4.79 Å². The molecule has 0 aliphatic heterocycles. The first kappa shape index (κ1) is 13.7. The van der Waals surface area contributed by atoms with Gasteiger partial charge in [-0.2, -0.15) is 5.10 Å². The summed E-state index contributed by atoms with van der Waals surface area (Å²) in [5, 5.41) is 7.13. The van der Waals surface area contributed by atoms with Gasteiger partial charge in [-0.05, 0) is 12.3 Å². The lowest BCUT2D eigenvalue weighted by Gasteiger charge is -2.14. The van der Waals surface area contributed by atoms with E-state index in [1.165, 1.54) is 0 Å². The molecule has 0 bridgehead atoms. The highest BCUT2D eigenvalue weighted by atomic mass is 16.2. The van der Waals surface area contributed by atoms with Crippen molar-refractivity contribution < 1.29 is 4.79 Å². The van der Waals surface area contributed by atoms with Crippen LogP contribution >= 0.6 is 0 Å². The Morgan fingerprint density at radius 1 is 1.59 bits per heavy atom. The summed E-state index contributed by atoms with van der Waals surface area (Å²) in [4.78, 5) is 11.8. The fourth-order valence-electron chi connectivity index (χ4n) is 1.53. The Labute approximate surface area is 102 Å². The van der Waals surface area contributed by atoms with Crippen LogP contribution in [-0.2, 0) is 18.3 Å². The van der Waals surface area contributed by atoms with Gasteiger partial charge in [-0.25, -0.2) is 0 Å². The molecule has 0 aliphatic carbocycles. The Bertz CT molecular complexity index is 384. The molecule has 1 atom stereocenters. The van der Waals surface area contributed by atoms with E-state index in [-0.39, 0.29) is 11.8 Å². The number of carbonyl (C=O) groups excluding carboxylic acids is 1. The van der Waals surface area contributed by atoms with E-state index < -0.39 is 6.04 Å². The van der Waals surface area contributed by atoms with Crippen molar-refractivity contribution in [3.8, 4) is 0 Å². The zero-order valence-corrected chi connectivity index (χ0v) is 11.0. The van der Waals surface area contributed by atoms with Crippen LogP contribution < -0.4 is 11.1 Å². The second-order valence-electron chi connectivity index (χ2n) is 4.65. The van der Waals surface area contributed by atoms with E-state index in [0.29, 0.717) is 5.82 Å². The first-order valence-corrected chi connectivity index (χ1v) is 6.05. The molecule has 0 saturated carbocycles. The SMILES string of the molecule is CCCc1cc(NC(=O)[C@@H](N)C(C)C)n(C)n1. The van der Waals surface area contributed by atoms with E-state index in [1.54, 1.807) is 4.68 Å². The Hall–Kier alpha value is -1.36. The van der Waals surface area contributed by atoms with Gasteiger partial charge < -0.3 is 11.1 Å². The molecule has 0 spiro atoms. The molecule has 0 saturated heterocycles. The van der Waals surface area contributed by atoms with E-state index in [2.05, 4.69) is 17.3 Å². The zero-order chi connectivity index (χ0) is 13.0. The number of rotatable bonds is 5. The number of hydrogen-bond donors (Lipinski definition) is 2. The Morgan fingerprint density at radius 2 is 2.24 bits per heavy atom. The van der Waals surface area contributed by atoms with Crippen LogP contribution in [0.4, 0.5) is 5.82 Å². The minimum absolute atomic E-state index is 0.123. The van der Waals surface area contributed by atoms with Crippen molar-refractivity contribution in [3.05, 3.63) is 11.8 Å². The van der Waals surface area contributed by atoms with Gasteiger partial charge in [-0.1, -0.05) is 27.2 Å². The summed E-state index contributed by atoms with van der Waals surface area (Å²) in [5.41, 5.74) is 6.77. The maximum Gasteiger partial charge on any atom is 0.242 e. The monoisotopic (exact) mass is 238 g/mol. The van der Waals surface area contributed by atoms with Gasteiger partial charge in [0, 0.05) is 13.1 Å². The molecule has 0 radical (unpaired) electrons. The Kier molecular flexibility index (Phi) is 4.69. The third kappa shape index (κ3) is 3.56. The van der Waals surface area contributed by atoms with Crippen molar-refractivity contribution in [2.75, 3.05) is 5.32 Å². The third-order valence-electron chi connectivity index (χ3n) is 2.71. The van der Waals surface area contributed by atoms with Crippen LogP contribution in [0.1, 0.15) is 32.9 Å². The highest BCUT2D eigenvalue weighted by molar-refractivity contribution is 5.94. The molecule has 5 heteroatoms. The van der Waals surface area contributed by atoms with E-state index >= 15 is 0 Å². The molecule has 0 aliphatic rings. The predicted molar refractivity (Wildman–Crippen MR) is 68.6 cm³/mol. The van der Waals surface area contributed by atoms with Crippen LogP contribution in [0.25, 0.3) is 0 Å². The highest BCUT2D eigenvalue weighted by Gasteiger charge is 2.18. The van der Waals surface area contributed by atoms with Crippen molar-refractivity contribution in [2.24, 2.45) is 18.7 Å². The standard InChI is InChI=1S/C12H22N4O/c1-5-6-9-7-10(16(4)15-9)14-12(17)11(13)8(2)3/h7-8,11H,5-6,13H2,1-4H3,(H,14,17)/t11-/m0/s1. The normalized spacial score (nSPS) is 12.8. The summed E-state index contributed by atoms with van der Waals surface area (Å²) in [7, 11) is 1.82. The molecule has 1 aromatic heterocycles. The molecule has 0 fully saturated rings. The van der Waals surface area contributed by atoms with Gasteiger partial charge in [0.1, 0.15) is 5.82 Å².